The van der Waals surface area contributed by atoms with E-state index in [4.69, 9.17) is 9.95 Å². The first-order chi connectivity index (χ1) is 8.22. The Morgan fingerprint density at radius 1 is 1.29 bits per heavy atom. The van der Waals surface area contributed by atoms with Gasteiger partial charge >= 0.3 is 0 Å². The summed E-state index contributed by atoms with van der Waals surface area (Å²) in [5.74, 6) is 0.659. The Hall–Kier alpha value is -2.52. The van der Waals surface area contributed by atoms with Crippen molar-refractivity contribution in [1.29, 1.82) is 0 Å². The normalized spacial score (nSPS) is 9.71. The number of carbonyl (C=O) groups excluding carboxylic acids is 1. The quantitative estimate of drug-likeness (QED) is 0.342. The average molecular weight is 227 g/mol. The van der Waals surface area contributed by atoms with Gasteiger partial charge in [0.15, 0.2) is 11.5 Å². The van der Waals surface area contributed by atoms with Gasteiger partial charge in [-0.15, -0.1) is 0 Å². The summed E-state index contributed by atoms with van der Waals surface area (Å²) < 4.78 is 5.39. The van der Waals surface area contributed by atoms with Gasteiger partial charge in [0.1, 0.15) is 5.76 Å². The van der Waals surface area contributed by atoms with Gasteiger partial charge in [-0.2, -0.15) is 0 Å². The summed E-state index contributed by atoms with van der Waals surface area (Å²) in [6, 6.07) is 10.3. The van der Waals surface area contributed by atoms with E-state index in [1.54, 1.807) is 30.3 Å². The first-order valence-corrected chi connectivity index (χ1v) is 4.97. The van der Waals surface area contributed by atoms with E-state index in [9.17, 15) is 4.79 Å². The second kappa shape index (κ2) is 4.55. The van der Waals surface area contributed by atoms with Crippen LogP contribution in [-0.2, 0) is 0 Å². The van der Waals surface area contributed by atoms with Crippen LogP contribution in [0.3, 0.4) is 0 Å². The molecule has 0 aliphatic rings. The number of azide groups is 1. The Bertz CT molecular complexity index is 610. The van der Waals surface area contributed by atoms with Crippen molar-refractivity contribution in [2.45, 2.75) is 6.92 Å². The summed E-state index contributed by atoms with van der Waals surface area (Å²) in [4.78, 5) is 13.9. The fraction of sp³-hybridized carbons (Fsp3) is 0.0833. The molecule has 2 rings (SSSR count). The van der Waals surface area contributed by atoms with E-state index < -0.39 is 0 Å². The number of Topliss-reactive ketones (excluding diaryl/α,β-unsaturated/α-hetero) is 1. The standard InChI is InChI=1S/C12H9N3O2/c1-8(16)11-6-7-12(17-11)9-4-2-3-5-10(9)14-15-13/h2-7H,1H3. The zero-order chi connectivity index (χ0) is 12.3. The predicted octanol–water partition coefficient (Wildman–Crippen LogP) is 4.09. The van der Waals surface area contributed by atoms with Gasteiger partial charge in [0.05, 0.1) is 0 Å². The number of hydrogen-bond acceptors (Lipinski definition) is 3. The van der Waals surface area contributed by atoms with E-state index in [2.05, 4.69) is 10.0 Å². The molecule has 17 heavy (non-hydrogen) atoms. The second-order valence-electron chi connectivity index (χ2n) is 3.43. The van der Waals surface area contributed by atoms with Crippen molar-refractivity contribution in [1.82, 2.24) is 0 Å². The van der Waals surface area contributed by atoms with Crippen LogP contribution in [0.4, 0.5) is 5.69 Å². The number of furan rings is 1. The van der Waals surface area contributed by atoms with Crippen molar-refractivity contribution in [2.75, 3.05) is 0 Å². The Morgan fingerprint density at radius 3 is 2.71 bits per heavy atom. The molecule has 0 aliphatic carbocycles. The highest BCUT2D eigenvalue weighted by atomic mass is 16.3. The van der Waals surface area contributed by atoms with Crippen molar-refractivity contribution in [3.05, 3.63) is 52.6 Å². The molecule has 1 aromatic heterocycles. The van der Waals surface area contributed by atoms with Crippen LogP contribution in [0.5, 0.6) is 0 Å². The molecule has 0 atom stereocenters. The van der Waals surface area contributed by atoms with Crippen molar-refractivity contribution in [3.63, 3.8) is 0 Å². The lowest BCUT2D eigenvalue weighted by atomic mass is 10.1. The first kappa shape index (κ1) is 11.0. The SMILES string of the molecule is CC(=O)c1ccc(-c2ccccc2N=[N+]=[N-])o1. The third kappa shape index (κ3) is 2.19. The van der Waals surface area contributed by atoms with Crippen molar-refractivity contribution in [2.24, 2.45) is 5.11 Å². The molecule has 0 saturated heterocycles. The highest BCUT2D eigenvalue weighted by Gasteiger charge is 2.10. The first-order valence-electron chi connectivity index (χ1n) is 4.97. The van der Waals surface area contributed by atoms with Crippen LogP contribution in [-0.4, -0.2) is 5.78 Å². The van der Waals surface area contributed by atoms with E-state index in [0.717, 1.165) is 0 Å². The highest BCUT2D eigenvalue weighted by Crippen LogP contribution is 2.31. The number of rotatable bonds is 3. The number of hydrogen-bond donors (Lipinski definition) is 0. The lowest BCUT2D eigenvalue weighted by Gasteiger charge is -2.00. The van der Waals surface area contributed by atoms with Gasteiger partial charge in [0, 0.05) is 23.1 Å². The van der Waals surface area contributed by atoms with Crippen LogP contribution >= 0.6 is 0 Å². The fourth-order valence-electron chi connectivity index (χ4n) is 1.49. The third-order valence-electron chi connectivity index (χ3n) is 2.27. The minimum Gasteiger partial charge on any atom is -0.453 e. The maximum atomic E-state index is 11.1. The van der Waals surface area contributed by atoms with Gasteiger partial charge in [-0.25, -0.2) is 0 Å². The fourth-order valence-corrected chi connectivity index (χ4v) is 1.49. The zero-order valence-corrected chi connectivity index (χ0v) is 9.12. The molecule has 2 aromatic rings. The highest BCUT2D eigenvalue weighted by molar-refractivity contribution is 5.92. The molecule has 0 spiro atoms. The average Bonchev–Trinajstić information content (AvgIpc) is 2.79. The van der Waals surface area contributed by atoms with Crippen LogP contribution in [0.25, 0.3) is 21.8 Å². The largest absolute Gasteiger partial charge is 0.453 e. The lowest BCUT2D eigenvalue weighted by molar-refractivity contribution is 0.0988. The summed E-state index contributed by atoms with van der Waals surface area (Å²) in [5.41, 5.74) is 9.59. The Morgan fingerprint density at radius 2 is 2.06 bits per heavy atom. The van der Waals surface area contributed by atoms with Crippen molar-refractivity contribution < 1.29 is 9.21 Å². The van der Waals surface area contributed by atoms with Crippen LogP contribution in [0, 0.1) is 0 Å². The molecule has 84 valence electrons. The minimum atomic E-state index is -0.141. The molecule has 0 aliphatic heterocycles. The molecule has 0 amide bonds. The summed E-state index contributed by atoms with van der Waals surface area (Å²) in [7, 11) is 0. The molecular formula is C12H9N3O2. The van der Waals surface area contributed by atoms with Gasteiger partial charge in [0.2, 0.25) is 0 Å². The van der Waals surface area contributed by atoms with Crippen LogP contribution in [0.15, 0.2) is 45.9 Å². The van der Waals surface area contributed by atoms with Gasteiger partial charge in [0.25, 0.3) is 0 Å². The summed E-state index contributed by atoms with van der Waals surface area (Å²) >= 11 is 0. The maximum absolute atomic E-state index is 11.1. The molecule has 0 radical (unpaired) electrons. The summed E-state index contributed by atoms with van der Waals surface area (Å²) in [6.45, 7) is 1.43. The molecule has 0 bridgehead atoms. The van der Waals surface area contributed by atoms with Gasteiger partial charge in [-0.1, -0.05) is 29.4 Å². The monoisotopic (exact) mass is 227 g/mol. The molecule has 0 N–H and O–H groups in total. The smallest absolute Gasteiger partial charge is 0.194 e. The van der Waals surface area contributed by atoms with Crippen LogP contribution < -0.4 is 0 Å². The number of carbonyl (C=O) groups is 1. The molecule has 5 heteroatoms. The number of benzene rings is 1. The van der Waals surface area contributed by atoms with E-state index in [1.807, 2.05) is 6.07 Å². The van der Waals surface area contributed by atoms with Crippen LogP contribution in [0.2, 0.25) is 0 Å². The van der Waals surface area contributed by atoms with Gasteiger partial charge in [-0.3, -0.25) is 4.79 Å². The van der Waals surface area contributed by atoms with E-state index in [-0.39, 0.29) is 11.5 Å². The Kier molecular flexibility index (Phi) is 2.94. The molecule has 5 nitrogen and oxygen atoms in total. The maximum Gasteiger partial charge on any atom is 0.194 e. The van der Waals surface area contributed by atoms with Crippen molar-refractivity contribution in [3.8, 4) is 11.3 Å². The second-order valence-corrected chi connectivity index (χ2v) is 3.43. The lowest BCUT2D eigenvalue weighted by Crippen LogP contribution is -1.86. The summed E-state index contributed by atoms with van der Waals surface area (Å²) in [5, 5.41) is 3.57. The van der Waals surface area contributed by atoms with E-state index >= 15 is 0 Å². The van der Waals surface area contributed by atoms with E-state index in [0.29, 0.717) is 17.0 Å². The molecule has 1 heterocycles. The third-order valence-corrected chi connectivity index (χ3v) is 2.27. The Balaban J connectivity index is 2.52. The number of nitrogens with zero attached hydrogens (tertiary/aromatic N) is 3. The number of ketones is 1. The van der Waals surface area contributed by atoms with Gasteiger partial charge < -0.3 is 4.42 Å². The van der Waals surface area contributed by atoms with Crippen molar-refractivity contribution >= 4 is 11.5 Å². The minimum absolute atomic E-state index is 0.141. The predicted molar refractivity (Wildman–Crippen MR) is 63.0 cm³/mol. The molecule has 0 fully saturated rings. The topological polar surface area (TPSA) is 79.0 Å². The molecular weight excluding hydrogens is 218 g/mol. The van der Waals surface area contributed by atoms with E-state index in [1.165, 1.54) is 6.92 Å². The molecule has 0 unspecified atom stereocenters. The van der Waals surface area contributed by atoms with Crippen LogP contribution in [0.1, 0.15) is 17.5 Å². The molecule has 1 aromatic carbocycles. The van der Waals surface area contributed by atoms with Gasteiger partial charge in [-0.05, 0) is 17.7 Å². The summed E-state index contributed by atoms with van der Waals surface area (Å²) in [6.07, 6.45) is 0. The zero-order valence-electron chi connectivity index (χ0n) is 9.12. The Labute approximate surface area is 97.3 Å². The molecule has 0 saturated carbocycles.